The van der Waals surface area contributed by atoms with E-state index in [9.17, 15) is 19.7 Å². The Morgan fingerprint density at radius 3 is 2.51 bits per heavy atom. The van der Waals surface area contributed by atoms with E-state index in [1.807, 2.05) is 13.0 Å². The first-order valence-corrected chi connectivity index (χ1v) is 12.9. The van der Waals surface area contributed by atoms with Gasteiger partial charge in [0.1, 0.15) is 5.75 Å². The second-order valence-electron chi connectivity index (χ2n) is 7.97. The molecule has 1 fully saturated rings. The molecule has 0 aliphatic carbocycles. The normalized spacial score (nSPS) is 13.9. The van der Waals surface area contributed by atoms with Crippen molar-refractivity contribution >= 4 is 63.3 Å². The van der Waals surface area contributed by atoms with Crippen LogP contribution >= 0.6 is 24.0 Å². The van der Waals surface area contributed by atoms with Crippen molar-refractivity contribution in [1.29, 1.82) is 0 Å². The molecule has 0 saturated carbocycles. The maximum atomic E-state index is 13.1. The predicted molar refractivity (Wildman–Crippen MR) is 153 cm³/mol. The first-order chi connectivity index (χ1) is 18.8. The molecule has 12 heteroatoms. The van der Waals surface area contributed by atoms with Crippen molar-refractivity contribution in [3.05, 3.63) is 87.3 Å². The maximum Gasteiger partial charge on any atom is 0.270 e. The zero-order chi connectivity index (χ0) is 27.9. The third kappa shape index (κ3) is 6.54. The Morgan fingerprint density at radius 1 is 1.08 bits per heavy atom. The Bertz CT molecular complexity index is 1460. The van der Waals surface area contributed by atoms with Crippen LogP contribution in [0.5, 0.6) is 17.2 Å². The smallest absolute Gasteiger partial charge is 0.270 e. The van der Waals surface area contributed by atoms with E-state index >= 15 is 0 Å². The largest absolute Gasteiger partial charge is 0.493 e. The summed E-state index contributed by atoms with van der Waals surface area (Å²) in [5, 5.41) is 13.7. The van der Waals surface area contributed by atoms with Crippen LogP contribution < -0.4 is 24.4 Å². The molecule has 1 saturated heterocycles. The molecule has 39 heavy (non-hydrogen) atoms. The molecule has 0 aromatic heterocycles. The number of hydrogen-bond donors (Lipinski definition) is 1. The summed E-state index contributed by atoms with van der Waals surface area (Å²) in [5.41, 5.74) is 1.55. The lowest BCUT2D eigenvalue weighted by Gasteiger charge is -2.14. The third-order valence-corrected chi connectivity index (χ3v) is 6.72. The SMILES string of the molecule is CCOc1ccccc1NC(=O)COc1ccc(/C=C2\SC(=S)N(c3ccc([N+](=O)[O-])cc3)C2=O)cc1OC. The highest BCUT2D eigenvalue weighted by Crippen LogP contribution is 2.37. The van der Waals surface area contributed by atoms with Gasteiger partial charge < -0.3 is 19.5 Å². The minimum Gasteiger partial charge on any atom is -0.493 e. The lowest BCUT2D eigenvalue weighted by atomic mass is 10.1. The van der Waals surface area contributed by atoms with Crippen LogP contribution in [-0.2, 0) is 9.59 Å². The number of methoxy groups -OCH3 is 1. The number of carbonyl (C=O) groups excluding carboxylic acids is 2. The second kappa shape index (κ2) is 12.4. The summed E-state index contributed by atoms with van der Waals surface area (Å²) in [4.78, 5) is 37.6. The number of thioether (sulfide) groups is 1. The Morgan fingerprint density at radius 2 is 1.82 bits per heavy atom. The zero-order valence-electron chi connectivity index (χ0n) is 20.9. The highest BCUT2D eigenvalue weighted by molar-refractivity contribution is 8.27. The van der Waals surface area contributed by atoms with Crippen LogP contribution in [0.3, 0.4) is 0 Å². The summed E-state index contributed by atoms with van der Waals surface area (Å²) >= 11 is 6.50. The van der Waals surface area contributed by atoms with Gasteiger partial charge in [0.05, 0.1) is 34.9 Å². The minimum atomic E-state index is -0.511. The van der Waals surface area contributed by atoms with Gasteiger partial charge in [0, 0.05) is 12.1 Å². The highest BCUT2D eigenvalue weighted by Gasteiger charge is 2.33. The van der Waals surface area contributed by atoms with Gasteiger partial charge in [-0.15, -0.1) is 0 Å². The van der Waals surface area contributed by atoms with Gasteiger partial charge in [0.15, 0.2) is 22.4 Å². The number of nitrogens with one attached hydrogen (secondary N) is 1. The number of nitro benzene ring substituents is 1. The number of nitro groups is 1. The van der Waals surface area contributed by atoms with Gasteiger partial charge in [0.2, 0.25) is 0 Å². The first kappa shape index (κ1) is 27.6. The Hall–Kier alpha value is -4.42. The molecule has 0 unspecified atom stereocenters. The van der Waals surface area contributed by atoms with Crippen molar-refractivity contribution in [2.24, 2.45) is 0 Å². The summed E-state index contributed by atoms with van der Waals surface area (Å²) in [6.07, 6.45) is 1.66. The van der Waals surface area contributed by atoms with E-state index in [1.54, 1.807) is 42.5 Å². The molecule has 4 rings (SSSR count). The van der Waals surface area contributed by atoms with E-state index in [0.29, 0.717) is 50.0 Å². The average Bonchev–Trinajstić information content (AvgIpc) is 3.21. The lowest BCUT2D eigenvalue weighted by Crippen LogP contribution is -2.27. The van der Waals surface area contributed by atoms with Crippen molar-refractivity contribution < 1.29 is 28.7 Å². The van der Waals surface area contributed by atoms with Crippen LogP contribution in [0.25, 0.3) is 6.08 Å². The Kier molecular flexibility index (Phi) is 8.79. The predicted octanol–water partition coefficient (Wildman–Crippen LogP) is 5.43. The van der Waals surface area contributed by atoms with Crippen molar-refractivity contribution in [2.45, 2.75) is 6.92 Å². The molecule has 0 atom stereocenters. The molecule has 0 radical (unpaired) electrons. The molecular weight excluding hydrogens is 542 g/mol. The van der Waals surface area contributed by atoms with Crippen molar-refractivity contribution in [3.63, 3.8) is 0 Å². The number of non-ortho nitro benzene ring substituents is 1. The van der Waals surface area contributed by atoms with Crippen molar-refractivity contribution in [1.82, 2.24) is 0 Å². The number of hydrogen-bond acceptors (Lipinski definition) is 9. The van der Waals surface area contributed by atoms with Crippen LogP contribution in [-0.4, -0.2) is 41.4 Å². The molecule has 200 valence electrons. The molecule has 1 aliphatic heterocycles. The van der Waals surface area contributed by atoms with E-state index in [-0.39, 0.29) is 24.1 Å². The molecule has 3 aromatic rings. The van der Waals surface area contributed by atoms with Crippen LogP contribution in [0.2, 0.25) is 0 Å². The molecule has 1 N–H and O–H groups in total. The monoisotopic (exact) mass is 565 g/mol. The highest BCUT2D eigenvalue weighted by atomic mass is 32.2. The van der Waals surface area contributed by atoms with Crippen LogP contribution in [0.4, 0.5) is 17.1 Å². The topological polar surface area (TPSA) is 120 Å². The molecule has 2 amide bonds. The van der Waals surface area contributed by atoms with Gasteiger partial charge in [-0.25, -0.2) is 0 Å². The van der Waals surface area contributed by atoms with Gasteiger partial charge in [-0.3, -0.25) is 24.6 Å². The molecule has 0 bridgehead atoms. The number of thiocarbonyl (C=S) groups is 1. The third-order valence-electron chi connectivity index (χ3n) is 5.42. The van der Waals surface area contributed by atoms with Gasteiger partial charge in [0.25, 0.3) is 17.5 Å². The summed E-state index contributed by atoms with van der Waals surface area (Å²) in [6.45, 7) is 2.07. The number of anilines is 2. The standard InChI is InChI=1S/C27H23N3O7S2/c1-3-36-21-7-5-4-6-20(21)28-25(31)16-37-22-13-8-17(14-23(22)35-2)15-24-26(32)29(27(38)39-24)18-9-11-19(12-10-18)30(33)34/h4-15H,3,16H2,1-2H3,(H,28,31)/b24-15-. The number of ether oxygens (including phenoxy) is 3. The number of nitrogens with zero attached hydrogens (tertiary/aromatic N) is 2. The summed E-state index contributed by atoms with van der Waals surface area (Å²) in [6, 6.07) is 17.7. The van der Waals surface area contributed by atoms with Crippen LogP contribution in [0, 0.1) is 10.1 Å². The maximum absolute atomic E-state index is 13.1. The fraction of sp³-hybridized carbons (Fsp3) is 0.148. The lowest BCUT2D eigenvalue weighted by molar-refractivity contribution is -0.384. The van der Waals surface area contributed by atoms with E-state index in [2.05, 4.69) is 5.32 Å². The Labute approximate surface area is 233 Å². The molecule has 0 spiro atoms. The zero-order valence-corrected chi connectivity index (χ0v) is 22.5. The summed E-state index contributed by atoms with van der Waals surface area (Å²) < 4.78 is 16.9. The number of para-hydroxylation sites is 2. The molecular formula is C27H23N3O7S2. The van der Waals surface area contributed by atoms with Crippen LogP contribution in [0.1, 0.15) is 12.5 Å². The average molecular weight is 566 g/mol. The summed E-state index contributed by atoms with van der Waals surface area (Å²) in [5.74, 6) is 0.568. The van der Waals surface area contributed by atoms with E-state index in [1.165, 1.54) is 36.3 Å². The number of amides is 2. The van der Waals surface area contributed by atoms with E-state index in [4.69, 9.17) is 26.4 Å². The number of benzene rings is 3. The fourth-order valence-electron chi connectivity index (χ4n) is 3.64. The summed E-state index contributed by atoms with van der Waals surface area (Å²) in [7, 11) is 1.47. The number of carbonyl (C=O) groups is 2. The van der Waals surface area contributed by atoms with E-state index < -0.39 is 4.92 Å². The van der Waals surface area contributed by atoms with Gasteiger partial charge in [-0.1, -0.05) is 42.2 Å². The van der Waals surface area contributed by atoms with Crippen LogP contribution in [0.15, 0.2) is 71.6 Å². The molecule has 1 aliphatic rings. The molecule has 1 heterocycles. The van der Waals surface area contributed by atoms with Gasteiger partial charge >= 0.3 is 0 Å². The Balaban J connectivity index is 1.44. The first-order valence-electron chi connectivity index (χ1n) is 11.7. The fourth-order valence-corrected chi connectivity index (χ4v) is 4.94. The molecule has 10 nitrogen and oxygen atoms in total. The minimum absolute atomic E-state index is 0.0815. The van der Waals surface area contributed by atoms with E-state index in [0.717, 1.165) is 11.8 Å². The van der Waals surface area contributed by atoms with Crippen molar-refractivity contribution in [2.75, 3.05) is 30.5 Å². The van der Waals surface area contributed by atoms with Gasteiger partial charge in [-0.2, -0.15) is 0 Å². The number of rotatable bonds is 10. The molecule has 3 aromatic carbocycles. The van der Waals surface area contributed by atoms with Gasteiger partial charge in [-0.05, 0) is 55.0 Å². The quantitative estimate of drug-likeness (QED) is 0.149. The van der Waals surface area contributed by atoms with Crippen molar-refractivity contribution in [3.8, 4) is 17.2 Å². The second-order valence-corrected chi connectivity index (χ2v) is 9.64.